The molecule has 1 aromatic carbocycles. The van der Waals surface area contributed by atoms with E-state index in [2.05, 4.69) is 6.07 Å². The molecule has 3 heterocycles. The van der Waals surface area contributed by atoms with Crippen LogP contribution in [0.2, 0.25) is 0 Å². The number of thiophene rings is 1. The Labute approximate surface area is 174 Å². The van der Waals surface area contributed by atoms with Crippen molar-refractivity contribution in [2.45, 2.75) is 51.5 Å². The molecule has 1 saturated heterocycles. The van der Waals surface area contributed by atoms with Gasteiger partial charge >= 0.3 is 0 Å². The maximum Gasteiger partial charge on any atom is 0.264 e. The fourth-order valence-electron chi connectivity index (χ4n) is 4.42. The summed E-state index contributed by atoms with van der Waals surface area (Å²) >= 11 is 1.53. The van der Waals surface area contributed by atoms with E-state index in [9.17, 15) is 4.79 Å². The van der Waals surface area contributed by atoms with Crippen LogP contribution in [0.3, 0.4) is 0 Å². The molecule has 5 nitrogen and oxygen atoms in total. The van der Waals surface area contributed by atoms with Gasteiger partial charge in [-0.1, -0.05) is 12.1 Å². The summed E-state index contributed by atoms with van der Waals surface area (Å²) in [4.78, 5) is 26.9. The minimum Gasteiger partial charge on any atom is -0.497 e. The van der Waals surface area contributed by atoms with E-state index in [0.29, 0.717) is 5.92 Å². The second-order valence-electron chi connectivity index (χ2n) is 8.11. The molecule has 6 heteroatoms. The third-order valence-corrected chi connectivity index (χ3v) is 7.29. The topological polar surface area (TPSA) is 55.3 Å². The lowest BCUT2D eigenvalue weighted by Gasteiger charge is -2.25. The number of amides is 1. The minimum atomic E-state index is 0.0939. The molecule has 5 rings (SSSR count). The van der Waals surface area contributed by atoms with Crippen molar-refractivity contribution < 1.29 is 9.53 Å². The highest BCUT2D eigenvalue weighted by atomic mass is 32.1. The van der Waals surface area contributed by atoms with Gasteiger partial charge in [0.1, 0.15) is 16.4 Å². The monoisotopic (exact) mass is 407 g/mol. The molecule has 0 N–H and O–H groups in total. The van der Waals surface area contributed by atoms with E-state index in [1.54, 1.807) is 7.11 Å². The van der Waals surface area contributed by atoms with E-state index in [1.807, 2.05) is 36.9 Å². The first-order valence-electron chi connectivity index (χ1n) is 10.3. The third kappa shape index (κ3) is 3.19. The molecule has 1 saturated carbocycles. The summed E-state index contributed by atoms with van der Waals surface area (Å²) in [7, 11) is 1.68. The molecule has 1 aliphatic heterocycles. The Bertz CT molecular complexity index is 1100. The highest BCUT2D eigenvalue weighted by Crippen LogP contribution is 2.41. The first-order chi connectivity index (χ1) is 14.1. The highest BCUT2D eigenvalue weighted by molar-refractivity contribution is 7.20. The van der Waals surface area contributed by atoms with Crippen molar-refractivity contribution in [1.82, 2.24) is 14.9 Å². The average Bonchev–Trinajstić information content (AvgIpc) is 3.37. The van der Waals surface area contributed by atoms with Crippen molar-refractivity contribution in [3.63, 3.8) is 0 Å². The number of fused-ring (bicyclic) bond motifs is 1. The molecule has 2 aromatic heterocycles. The molecule has 0 bridgehead atoms. The quantitative estimate of drug-likeness (QED) is 0.599. The normalized spacial score (nSPS) is 19.1. The van der Waals surface area contributed by atoms with Crippen molar-refractivity contribution in [3.8, 4) is 5.75 Å². The van der Waals surface area contributed by atoms with Crippen LogP contribution in [0.25, 0.3) is 10.2 Å². The van der Waals surface area contributed by atoms with Crippen molar-refractivity contribution >= 4 is 27.5 Å². The fraction of sp³-hybridized carbons (Fsp3) is 0.435. The summed E-state index contributed by atoms with van der Waals surface area (Å²) in [6, 6.07) is 8.17. The van der Waals surface area contributed by atoms with Crippen LogP contribution >= 0.6 is 11.3 Å². The van der Waals surface area contributed by atoms with Crippen molar-refractivity contribution in [1.29, 1.82) is 0 Å². The predicted molar refractivity (Wildman–Crippen MR) is 115 cm³/mol. The average molecular weight is 408 g/mol. The third-order valence-electron chi connectivity index (χ3n) is 6.12. The maximum atomic E-state index is 13.6. The lowest BCUT2D eigenvalue weighted by Crippen LogP contribution is -2.30. The van der Waals surface area contributed by atoms with E-state index in [0.717, 1.165) is 62.9 Å². The van der Waals surface area contributed by atoms with E-state index in [4.69, 9.17) is 14.7 Å². The van der Waals surface area contributed by atoms with E-state index in [-0.39, 0.29) is 11.9 Å². The highest BCUT2D eigenvalue weighted by Gasteiger charge is 2.34. The van der Waals surface area contributed by atoms with Crippen LogP contribution in [0.1, 0.15) is 70.0 Å². The lowest BCUT2D eigenvalue weighted by molar-refractivity contribution is 0.0740. The van der Waals surface area contributed by atoms with Crippen LogP contribution in [0.15, 0.2) is 24.3 Å². The van der Waals surface area contributed by atoms with Gasteiger partial charge in [0.2, 0.25) is 0 Å². The Morgan fingerprint density at radius 2 is 2.03 bits per heavy atom. The van der Waals surface area contributed by atoms with Crippen LogP contribution < -0.4 is 4.74 Å². The summed E-state index contributed by atoms with van der Waals surface area (Å²) in [6.45, 7) is 4.86. The number of methoxy groups -OCH3 is 1. The summed E-state index contributed by atoms with van der Waals surface area (Å²) in [5.74, 6) is 2.41. The predicted octanol–water partition coefficient (Wildman–Crippen LogP) is 5.17. The van der Waals surface area contributed by atoms with Gasteiger partial charge in [-0.05, 0) is 62.8 Å². The number of ether oxygens (including phenoxy) is 1. The molecule has 150 valence electrons. The van der Waals surface area contributed by atoms with Crippen molar-refractivity contribution in [2.24, 2.45) is 0 Å². The molecular formula is C23H25N3O2S. The van der Waals surface area contributed by atoms with E-state index >= 15 is 0 Å². The zero-order valence-electron chi connectivity index (χ0n) is 17.1. The number of aryl methyl sites for hydroxylation is 2. The largest absolute Gasteiger partial charge is 0.497 e. The molecule has 0 radical (unpaired) electrons. The zero-order valence-corrected chi connectivity index (χ0v) is 17.9. The fourth-order valence-corrected chi connectivity index (χ4v) is 5.62. The first kappa shape index (κ1) is 18.6. The van der Waals surface area contributed by atoms with Gasteiger partial charge in [-0.25, -0.2) is 9.97 Å². The molecule has 2 aliphatic rings. The first-order valence-corrected chi connectivity index (χ1v) is 11.1. The van der Waals surface area contributed by atoms with Gasteiger partial charge in [-0.2, -0.15) is 0 Å². The SMILES string of the molecule is COc1cccc(C2CCCN2C(=O)c2sc3nc(C4CC4)nc(C)c3c2C)c1. The van der Waals surface area contributed by atoms with Crippen LogP contribution in [0, 0.1) is 13.8 Å². The molecule has 1 unspecified atom stereocenters. The summed E-state index contributed by atoms with van der Waals surface area (Å²) in [5.41, 5.74) is 3.16. The number of benzene rings is 1. The van der Waals surface area contributed by atoms with Crippen LogP contribution in [-0.2, 0) is 0 Å². The number of carbonyl (C=O) groups is 1. The number of nitrogens with zero attached hydrogens (tertiary/aromatic N) is 3. The smallest absolute Gasteiger partial charge is 0.264 e. The molecule has 3 aromatic rings. The van der Waals surface area contributed by atoms with Crippen molar-refractivity contribution in [3.05, 3.63) is 51.8 Å². The number of carbonyl (C=O) groups excluding carboxylic acids is 1. The molecule has 1 amide bonds. The van der Waals surface area contributed by atoms with E-state index in [1.165, 1.54) is 24.2 Å². The molecule has 29 heavy (non-hydrogen) atoms. The molecule has 0 spiro atoms. The number of hydrogen-bond acceptors (Lipinski definition) is 5. The molecule has 2 fully saturated rings. The Balaban J connectivity index is 1.51. The number of rotatable bonds is 4. The summed E-state index contributed by atoms with van der Waals surface area (Å²) < 4.78 is 5.39. The van der Waals surface area contributed by atoms with Gasteiger partial charge < -0.3 is 9.64 Å². The number of likely N-dealkylation sites (tertiary alicyclic amines) is 1. The van der Waals surface area contributed by atoms with Gasteiger partial charge in [-0.3, -0.25) is 4.79 Å². The second-order valence-corrected chi connectivity index (χ2v) is 9.11. The van der Waals surface area contributed by atoms with Gasteiger partial charge in [-0.15, -0.1) is 11.3 Å². The summed E-state index contributed by atoms with van der Waals surface area (Å²) in [5, 5.41) is 1.06. The van der Waals surface area contributed by atoms with Gasteiger partial charge in [0.15, 0.2) is 0 Å². The zero-order chi connectivity index (χ0) is 20.1. The van der Waals surface area contributed by atoms with Crippen molar-refractivity contribution in [2.75, 3.05) is 13.7 Å². The molecule has 1 aliphatic carbocycles. The van der Waals surface area contributed by atoms with Gasteiger partial charge in [0.05, 0.1) is 23.7 Å². The standard InChI is InChI=1S/C23H25N3O2S/c1-13-19-14(2)24-21(15-9-10-15)25-22(19)29-20(13)23(27)26-11-5-8-18(26)16-6-4-7-17(12-16)28-3/h4,6-7,12,15,18H,5,8-11H2,1-3H3. The number of aromatic nitrogens is 2. The number of hydrogen-bond donors (Lipinski definition) is 0. The Morgan fingerprint density at radius 1 is 1.21 bits per heavy atom. The van der Waals surface area contributed by atoms with E-state index < -0.39 is 0 Å². The summed E-state index contributed by atoms with van der Waals surface area (Å²) in [6.07, 6.45) is 4.35. The van der Waals surface area contributed by atoms with Gasteiger partial charge in [0.25, 0.3) is 5.91 Å². The Morgan fingerprint density at radius 3 is 2.79 bits per heavy atom. The molecular weight excluding hydrogens is 382 g/mol. The van der Waals surface area contributed by atoms with Gasteiger partial charge in [0, 0.05) is 17.8 Å². The van der Waals surface area contributed by atoms with Crippen LogP contribution in [0.4, 0.5) is 0 Å². The van der Waals surface area contributed by atoms with Crippen LogP contribution in [-0.4, -0.2) is 34.4 Å². The lowest BCUT2D eigenvalue weighted by atomic mass is 10.0. The second kappa shape index (κ2) is 7.10. The minimum absolute atomic E-state index is 0.0939. The Kier molecular flexibility index (Phi) is 4.54. The Hall–Kier alpha value is -2.47. The maximum absolute atomic E-state index is 13.6. The van der Waals surface area contributed by atoms with Crippen LogP contribution in [0.5, 0.6) is 5.75 Å². The molecule has 1 atom stereocenters.